The van der Waals surface area contributed by atoms with Crippen LogP contribution < -0.4 is 5.32 Å². The molecule has 0 bridgehead atoms. The van der Waals surface area contributed by atoms with Gasteiger partial charge in [0.05, 0.1) is 5.56 Å². The van der Waals surface area contributed by atoms with Crippen LogP contribution in [0.15, 0.2) is 22.7 Å². The summed E-state index contributed by atoms with van der Waals surface area (Å²) in [7, 11) is 1.66. The van der Waals surface area contributed by atoms with Crippen LogP contribution in [0, 0.1) is 0 Å². The van der Waals surface area contributed by atoms with E-state index in [1.807, 2.05) is 6.92 Å². The fourth-order valence-electron chi connectivity index (χ4n) is 1.66. The van der Waals surface area contributed by atoms with E-state index in [9.17, 15) is 13.2 Å². The number of hydrogen-bond donors (Lipinski definition) is 1. The van der Waals surface area contributed by atoms with Crippen molar-refractivity contribution in [2.75, 3.05) is 7.05 Å². The van der Waals surface area contributed by atoms with E-state index < -0.39 is 11.7 Å². The molecular formula is C11H13BrF3N. The number of benzene rings is 1. The second-order valence-corrected chi connectivity index (χ2v) is 4.39. The van der Waals surface area contributed by atoms with Gasteiger partial charge < -0.3 is 5.32 Å². The molecule has 0 aliphatic heterocycles. The summed E-state index contributed by atoms with van der Waals surface area (Å²) < 4.78 is 38.9. The number of alkyl halides is 3. The number of rotatable bonds is 3. The van der Waals surface area contributed by atoms with E-state index in [1.54, 1.807) is 13.1 Å². The minimum atomic E-state index is -4.32. The van der Waals surface area contributed by atoms with Crippen molar-refractivity contribution in [2.45, 2.75) is 25.6 Å². The van der Waals surface area contributed by atoms with E-state index in [0.29, 0.717) is 16.5 Å². The summed E-state index contributed by atoms with van der Waals surface area (Å²) in [5, 5.41) is 2.88. The Morgan fingerprint density at radius 1 is 1.38 bits per heavy atom. The molecule has 0 radical (unpaired) electrons. The molecule has 0 spiro atoms. The van der Waals surface area contributed by atoms with Gasteiger partial charge in [-0.2, -0.15) is 13.2 Å². The Hall–Kier alpha value is -0.550. The maximum absolute atomic E-state index is 12.8. The van der Waals surface area contributed by atoms with E-state index in [-0.39, 0.29) is 6.04 Å². The van der Waals surface area contributed by atoms with Crippen LogP contribution in [-0.2, 0) is 6.18 Å². The first-order valence-corrected chi connectivity index (χ1v) is 5.73. The summed E-state index contributed by atoms with van der Waals surface area (Å²) in [6, 6.07) is 3.99. The van der Waals surface area contributed by atoms with Crippen LogP contribution in [0.25, 0.3) is 0 Å². The highest BCUT2D eigenvalue weighted by Gasteiger charge is 2.34. The highest BCUT2D eigenvalue weighted by atomic mass is 79.9. The van der Waals surface area contributed by atoms with Crippen molar-refractivity contribution in [3.8, 4) is 0 Å². The SMILES string of the molecule is CCC(NC)c1ccc(Br)cc1C(F)(F)F. The summed E-state index contributed by atoms with van der Waals surface area (Å²) in [4.78, 5) is 0. The van der Waals surface area contributed by atoms with Gasteiger partial charge in [0.1, 0.15) is 0 Å². The highest BCUT2D eigenvalue weighted by molar-refractivity contribution is 9.10. The molecule has 0 fully saturated rings. The molecule has 90 valence electrons. The fourth-order valence-corrected chi connectivity index (χ4v) is 2.02. The third-order valence-electron chi connectivity index (χ3n) is 2.45. The molecule has 0 amide bonds. The van der Waals surface area contributed by atoms with Crippen LogP contribution in [-0.4, -0.2) is 7.05 Å². The van der Waals surface area contributed by atoms with Gasteiger partial charge in [-0.25, -0.2) is 0 Å². The van der Waals surface area contributed by atoms with E-state index in [0.717, 1.165) is 6.07 Å². The smallest absolute Gasteiger partial charge is 0.313 e. The lowest BCUT2D eigenvalue weighted by atomic mass is 9.98. The summed E-state index contributed by atoms with van der Waals surface area (Å²) in [5.74, 6) is 0. The molecule has 1 unspecified atom stereocenters. The van der Waals surface area contributed by atoms with Gasteiger partial charge in [-0.3, -0.25) is 0 Å². The first kappa shape index (κ1) is 13.5. The van der Waals surface area contributed by atoms with Gasteiger partial charge in [0, 0.05) is 10.5 Å². The second-order valence-electron chi connectivity index (χ2n) is 3.48. The molecule has 5 heteroatoms. The van der Waals surface area contributed by atoms with Crippen molar-refractivity contribution in [1.82, 2.24) is 5.32 Å². The van der Waals surface area contributed by atoms with Crippen molar-refractivity contribution in [2.24, 2.45) is 0 Å². The lowest BCUT2D eigenvalue weighted by Gasteiger charge is -2.20. The summed E-state index contributed by atoms with van der Waals surface area (Å²) in [6.07, 6.45) is -3.70. The molecule has 0 saturated heterocycles. The topological polar surface area (TPSA) is 12.0 Å². The Kier molecular flexibility index (Phi) is 4.38. The molecule has 0 aromatic heterocycles. The third kappa shape index (κ3) is 2.98. The lowest BCUT2D eigenvalue weighted by molar-refractivity contribution is -0.138. The van der Waals surface area contributed by atoms with E-state index in [4.69, 9.17) is 0 Å². The Bertz CT molecular complexity index is 359. The first-order valence-electron chi connectivity index (χ1n) is 4.94. The van der Waals surface area contributed by atoms with Crippen molar-refractivity contribution in [3.63, 3.8) is 0 Å². The molecule has 1 aromatic rings. The van der Waals surface area contributed by atoms with Gasteiger partial charge in [0.2, 0.25) is 0 Å². The summed E-state index contributed by atoms with van der Waals surface area (Å²) >= 11 is 3.06. The molecule has 1 rings (SSSR count). The molecule has 0 heterocycles. The maximum atomic E-state index is 12.8. The van der Waals surface area contributed by atoms with Gasteiger partial charge in [-0.1, -0.05) is 28.9 Å². The molecule has 16 heavy (non-hydrogen) atoms. The molecule has 0 saturated carbocycles. The summed E-state index contributed by atoms with van der Waals surface area (Å²) in [5.41, 5.74) is -0.288. The van der Waals surface area contributed by atoms with Crippen molar-refractivity contribution >= 4 is 15.9 Å². The Balaban J connectivity index is 3.27. The van der Waals surface area contributed by atoms with Crippen LogP contribution in [0.5, 0.6) is 0 Å². The molecule has 1 nitrogen and oxygen atoms in total. The zero-order valence-electron chi connectivity index (χ0n) is 9.03. The van der Waals surface area contributed by atoms with Crippen LogP contribution in [0.1, 0.15) is 30.5 Å². The van der Waals surface area contributed by atoms with E-state index in [2.05, 4.69) is 21.2 Å². The number of halogens is 4. The normalized spacial score (nSPS) is 13.9. The zero-order valence-corrected chi connectivity index (χ0v) is 10.6. The predicted molar refractivity (Wildman–Crippen MR) is 61.2 cm³/mol. The fraction of sp³-hybridized carbons (Fsp3) is 0.455. The Morgan fingerprint density at radius 2 is 2.00 bits per heavy atom. The molecule has 1 N–H and O–H groups in total. The highest BCUT2D eigenvalue weighted by Crippen LogP contribution is 2.36. The van der Waals surface area contributed by atoms with Gasteiger partial charge in [0.25, 0.3) is 0 Å². The standard InChI is InChI=1S/C11H13BrF3N/c1-3-10(16-2)8-5-4-7(12)6-9(8)11(13,14)15/h4-6,10,16H,3H2,1-2H3. The van der Waals surface area contributed by atoms with Crippen molar-refractivity contribution in [1.29, 1.82) is 0 Å². The average molecular weight is 296 g/mol. The van der Waals surface area contributed by atoms with Gasteiger partial charge in [-0.15, -0.1) is 0 Å². The molecular weight excluding hydrogens is 283 g/mol. The molecule has 1 aromatic carbocycles. The Morgan fingerprint density at radius 3 is 2.44 bits per heavy atom. The molecule has 0 aliphatic carbocycles. The van der Waals surface area contributed by atoms with Crippen molar-refractivity contribution in [3.05, 3.63) is 33.8 Å². The van der Waals surface area contributed by atoms with E-state index >= 15 is 0 Å². The lowest BCUT2D eigenvalue weighted by Crippen LogP contribution is -2.20. The van der Waals surface area contributed by atoms with Crippen LogP contribution >= 0.6 is 15.9 Å². The quantitative estimate of drug-likeness (QED) is 0.884. The minimum absolute atomic E-state index is 0.273. The number of hydrogen-bond acceptors (Lipinski definition) is 1. The largest absolute Gasteiger partial charge is 0.416 e. The molecule has 0 aliphatic rings. The van der Waals surface area contributed by atoms with Crippen LogP contribution in [0.2, 0.25) is 0 Å². The Labute approximate surface area is 101 Å². The first-order chi connectivity index (χ1) is 7.40. The van der Waals surface area contributed by atoms with E-state index in [1.165, 1.54) is 6.07 Å². The monoisotopic (exact) mass is 295 g/mol. The number of nitrogens with one attached hydrogen (secondary N) is 1. The second kappa shape index (κ2) is 5.19. The van der Waals surface area contributed by atoms with Gasteiger partial charge in [0.15, 0.2) is 0 Å². The predicted octanol–water partition coefficient (Wildman–Crippen LogP) is 4.14. The van der Waals surface area contributed by atoms with Crippen LogP contribution in [0.4, 0.5) is 13.2 Å². The minimum Gasteiger partial charge on any atom is -0.313 e. The van der Waals surface area contributed by atoms with Crippen molar-refractivity contribution < 1.29 is 13.2 Å². The zero-order chi connectivity index (χ0) is 12.3. The third-order valence-corrected chi connectivity index (χ3v) is 2.95. The maximum Gasteiger partial charge on any atom is 0.416 e. The van der Waals surface area contributed by atoms with Crippen LogP contribution in [0.3, 0.4) is 0 Å². The molecule has 1 atom stereocenters. The van der Waals surface area contributed by atoms with Gasteiger partial charge in [-0.05, 0) is 31.2 Å². The summed E-state index contributed by atoms with van der Waals surface area (Å²) in [6.45, 7) is 1.85. The average Bonchev–Trinajstić information content (AvgIpc) is 2.20. The van der Waals surface area contributed by atoms with Gasteiger partial charge >= 0.3 is 6.18 Å².